The maximum atomic E-state index is 13.0. The third kappa shape index (κ3) is 4.29. The van der Waals surface area contributed by atoms with Crippen LogP contribution < -0.4 is 5.32 Å². The summed E-state index contributed by atoms with van der Waals surface area (Å²) in [4.78, 5) is 23.7. The monoisotopic (exact) mass is 471 g/mol. The molecule has 2 aromatic heterocycles. The Hall–Kier alpha value is -1.84. The first-order valence-corrected chi connectivity index (χ1v) is 11.4. The van der Waals surface area contributed by atoms with E-state index in [1.165, 1.54) is 28.5 Å². The van der Waals surface area contributed by atoms with Gasteiger partial charge in [0.25, 0.3) is 0 Å². The number of alkyl halides is 3. The Labute approximate surface area is 184 Å². The fourth-order valence-corrected chi connectivity index (χ4v) is 5.81. The summed E-state index contributed by atoms with van der Waals surface area (Å²) in [7, 11) is 0. The standard InChI is InChI=1S/C20H17ClF3N3OS2/c1-10(17(28)27-14-8-11(20(22,23)24)6-7-13(14)21)29-18-16-12-4-2-3-5-15(12)30-19(16)26-9-25-18/h6-10H,2-5H2,1H3,(H,27,28)/t10-/m0/s1. The molecule has 1 atom stereocenters. The van der Waals surface area contributed by atoms with Crippen LogP contribution in [0.3, 0.4) is 0 Å². The number of nitrogens with one attached hydrogen (secondary N) is 1. The molecule has 3 aromatic rings. The quantitative estimate of drug-likeness (QED) is 0.355. The molecule has 10 heteroatoms. The van der Waals surface area contributed by atoms with Crippen molar-refractivity contribution < 1.29 is 18.0 Å². The van der Waals surface area contributed by atoms with Crippen molar-refractivity contribution in [3.63, 3.8) is 0 Å². The molecule has 4 nitrogen and oxygen atoms in total. The minimum Gasteiger partial charge on any atom is -0.324 e. The topological polar surface area (TPSA) is 54.9 Å². The molecule has 158 valence electrons. The number of nitrogens with zero attached hydrogens (tertiary/aromatic N) is 2. The normalized spacial score (nSPS) is 15.1. The number of carbonyl (C=O) groups excluding carboxylic acids is 1. The molecular formula is C20H17ClF3N3OS2. The number of benzene rings is 1. The summed E-state index contributed by atoms with van der Waals surface area (Å²) in [6.07, 6.45) is 1.24. The van der Waals surface area contributed by atoms with Gasteiger partial charge in [-0.25, -0.2) is 9.97 Å². The molecule has 0 aliphatic heterocycles. The molecule has 0 unspecified atom stereocenters. The van der Waals surface area contributed by atoms with Crippen molar-refractivity contribution in [1.29, 1.82) is 0 Å². The lowest BCUT2D eigenvalue weighted by Crippen LogP contribution is -2.23. The van der Waals surface area contributed by atoms with Gasteiger partial charge < -0.3 is 5.32 Å². The average molecular weight is 472 g/mol. The third-order valence-corrected chi connectivity index (χ3v) is 7.56. The largest absolute Gasteiger partial charge is 0.416 e. The van der Waals surface area contributed by atoms with Gasteiger partial charge in [0.05, 0.1) is 21.5 Å². The maximum absolute atomic E-state index is 13.0. The number of hydrogen-bond donors (Lipinski definition) is 1. The van der Waals surface area contributed by atoms with Gasteiger partial charge in [0.1, 0.15) is 16.2 Å². The van der Waals surface area contributed by atoms with Gasteiger partial charge in [-0.15, -0.1) is 11.3 Å². The number of hydrogen-bond acceptors (Lipinski definition) is 5. The highest BCUT2D eigenvalue weighted by molar-refractivity contribution is 8.00. The Balaban J connectivity index is 1.56. The number of aryl methyl sites for hydroxylation is 2. The first kappa shape index (κ1) is 21.4. The molecule has 1 amide bonds. The van der Waals surface area contributed by atoms with E-state index in [4.69, 9.17) is 11.6 Å². The molecule has 1 aliphatic carbocycles. The second-order valence-electron chi connectivity index (χ2n) is 7.01. The van der Waals surface area contributed by atoms with Crippen LogP contribution in [0.25, 0.3) is 10.2 Å². The summed E-state index contributed by atoms with van der Waals surface area (Å²) >= 11 is 8.93. The van der Waals surface area contributed by atoms with Crippen LogP contribution in [0.1, 0.15) is 35.8 Å². The number of fused-ring (bicyclic) bond motifs is 3. The lowest BCUT2D eigenvalue weighted by Gasteiger charge is -2.15. The molecule has 0 radical (unpaired) electrons. The first-order chi connectivity index (χ1) is 14.2. The summed E-state index contributed by atoms with van der Waals surface area (Å²) in [5, 5.41) is 3.69. The minimum absolute atomic E-state index is 0.0462. The van der Waals surface area contributed by atoms with E-state index < -0.39 is 22.9 Å². The van der Waals surface area contributed by atoms with Crippen molar-refractivity contribution in [2.24, 2.45) is 0 Å². The van der Waals surface area contributed by atoms with E-state index in [-0.39, 0.29) is 10.7 Å². The van der Waals surface area contributed by atoms with Crippen LogP contribution in [0.4, 0.5) is 18.9 Å². The van der Waals surface area contributed by atoms with Crippen molar-refractivity contribution in [2.45, 2.75) is 49.1 Å². The summed E-state index contributed by atoms with van der Waals surface area (Å²) < 4.78 is 38.9. The molecule has 0 saturated heterocycles. The zero-order valence-corrected chi connectivity index (χ0v) is 18.2. The predicted octanol–water partition coefficient (Wildman–Crippen LogP) is 6.36. The van der Waals surface area contributed by atoms with Gasteiger partial charge in [0.15, 0.2) is 0 Å². The van der Waals surface area contributed by atoms with E-state index in [0.717, 1.165) is 59.1 Å². The summed E-state index contributed by atoms with van der Waals surface area (Å²) in [6.45, 7) is 1.69. The number of carbonyl (C=O) groups is 1. The fraction of sp³-hybridized carbons (Fsp3) is 0.350. The van der Waals surface area contributed by atoms with Crippen LogP contribution in [0.15, 0.2) is 29.6 Å². The molecular weight excluding hydrogens is 455 g/mol. The van der Waals surface area contributed by atoms with E-state index in [9.17, 15) is 18.0 Å². The second kappa shape index (κ2) is 8.36. The Morgan fingerprint density at radius 1 is 1.27 bits per heavy atom. The van der Waals surface area contributed by atoms with Crippen molar-refractivity contribution in [1.82, 2.24) is 9.97 Å². The number of aromatic nitrogens is 2. The van der Waals surface area contributed by atoms with Crippen LogP contribution >= 0.6 is 34.7 Å². The van der Waals surface area contributed by atoms with Crippen LogP contribution in [-0.2, 0) is 23.8 Å². The minimum atomic E-state index is -4.52. The number of halogens is 4. The van der Waals surface area contributed by atoms with E-state index in [0.29, 0.717) is 0 Å². The highest BCUT2D eigenvalue weighted by Gasteiger charge is 2.31. The Morgan fingerprint density at radius 2 is 2.03 bits per heavy atom. The number of amides is 1. The molecule has 1 N–H and O–H groups in total. The number of rotatable bonds is 4. The molecule has 0 saturated carbocycles. The maximum Gasteiger partial charge on any atom is 0.416 e. The highest BCUT2D eigenvalue weighted by Crippen LogP contribution is 2.40. The smallest absolute Gasteiger partial charge is 0.324 e. The van der Waals surface area contributed by atoms with Crippen molar-refractivity contribution in [2.75, 3.05) is 5.32 Å². The molecule has 1 aromatic carbocycles. The van der Waals surface area contributed by atoms with Crippen LogP contribution in [0.5, 0.6) is 0 Å². The van der Waals surface area contributed by atoms with Gasteiger partial charge in [-0.05, 0) is 56.4 Å². The van der Waals surface area contributed by atoms with Gasteiger partial charge in [-0.3, -0.25) is 4.79 Å². The number of anilines is 1. The molecule has 2 heterocycles. The van der Waals surface area contributed by atoms with Crippen LogP contribution in [0, 0.1) is 0 Å². The van der Waals surface area contributed by atoms with Gasteiger partial charge in [-0.1, -0.05) is 23.4 Å². The zero-order valence-electron chi connectivity index (χ0n) is 15.8. The van der Waals surface area contributed by atoms with Gasteiger partial charge >= 0.3 is 6.18 Å². The molecule has 1 aliphatic rings. The Kier molecular flexibility index (Phi) is 5.96. The van der Waals surface area contributed by atoms with E-state index in [1.807, 2.05) is 0 Å². The second-order valence-corrected chi connectivity index (χ2v) is 9.83. The predicted molar refractivity (Wildman–Crippen MR) is 114 cm³/mol. The van der Waals surface area contributed by atoms with Crippen LogP contribution in [-0.4, -0.2) is 21.1 Å². The lowest BCUT2D eigenvalue weighted by atomic mass is 9.97. The van der Waals surface area contributed by atoms with Crippen molar-refractivity contribution >= 4 is 56.5 Å². The molecule has 0 bridgehead atoms. The van der Waals surface area contributed by atoms with Gasteiger partial charge in [-0.2, -0.15) is 13.2 Å². The summed E-state index contributed by atoms with van der Waals surface area (Å²) in [6, 6.07) is 2.85. The molecule has 30 heavy (non-hydrogen) atoms. The molecule has 0 spiro atoms. The molecule has 4 rings (SSSR count). The summed E-state index contributed by atoms with van der Waals surface area (Å²) in [5.41, 5.74) is 0.326. The van der Waals surface area contributed by atoms with Gasteiger partial charge in [0, 0.05) is 10.3 Å². The van der Waals surface area contributed by atoms with Crippen molar-refractivity contribution in [3.05, 3.63) is 45.6 Å². The van der Waals surface area contributed by atoms with E-state index in [1.54, 1.807) is 18.3 Å². The lowest BCUT2D eigenvalue weighted by molar-refractivity contribution is -0.137. The summed E-state index contributed by atoms with van der Waals surface area (Å²) in [5.74, 6) is -0.447. The zero-order chi connectivity index (χ0) is 21.5. The Morgan fingerprint density at radius 3 is 2.80 bits per heavy atom. The fourth-order valence-electron chi connectivity index (χ4n) is 3.40. The SMILES string of the molecule is C[C@H](Sc1ncnc2sc3c(c12)CCCC3)C(=O)Nc1cc(C(F)(F)F)ccc1Cl. The third-order valence-electron chi connectivity index (χ3n) is 4.93. The number of thioether (sulfide) groups is 1. The van der Waals surface area contributed by atoms with Crippen molar-refractivity contribution in [3.8, 4) is 0 Å². The van der Waals surface area contributed by atoms with Gasteiger partial charge in [0.2, 0.25) is 5.91 Å². The average Bonchev–Trinajstić information content (AvgIpc) is 3.08. The van der Waals surface area contributed by atoms with E-state index in [2.05, 4.69) is 15.3 Å². The first-order valence-electron chi connectivity index (χ1n) is 9.33. The van der Waals surface area contributed by atoms with E-state index >= 15 is 0 Å². The Bertz CT molecular complexity index is 1120. The molecule has 0 fully saturated rings. The highest BCUT2D eigenvalue weighted by atomic mass is 35.5. The van der Waals surface area contributed by atoms with Crippen LogP contribution in [0.2, 0.25) is 5.02 Å². The number of thiophene rings is 1.